The van der Waals surface area contributed by atoms with Crippen LogP contribution in [0.25, 0.3) is 0 Å². The van der Waals surface area contributed by atoms with Crippen molar-refractivity contribution < 1.29 is 38.2 Å². The van der Waals surface area contributed by atoms with Crippen LogP contribution in [-0.2, 0) is 44.6 Å². The Hall–Kier alpha value is -3.55. The summed E-state index contributed by atoms with van der Waals surface area (Å²) in [7, 11) is 8.15. The van der Waals surface area contributed by atoms with Crippen molar-refractivity contribution in [1.82, 2.24) is 25.3 Å². The molecular formula is C42H67N5O8. The number of hydrogen-bond acceptors (Lipinski definition) is 9. The van der Waals surface area contributed by atoms with Gasteiger partial charge in [-0.15, -0.1) is 0 Å². The van der Waals surface area contributed by atoms with E-state index in [4.69, 9.17) is 14.2 Å². The predicted molar refractivity (Wildman–Crippen MR) is 210 cm³/mol. The summed E-state index contributed by atoms with van der Waals surface area (Å²) >= 11 is 0. The van der Waals surface area contributed by atoms with Crippen LogP contribution in [0.5, 0.6) is 0 Å². The van der Waals surface area contributed by atoms with E-state index in [-0.39, 0.29) is 60.4 Å². The number of amides is 4. The average molecular weight is 770 g/mol. The highest BCUT2D eigenvalue weighted by molar-refractivity contribution is 5.91. The van der Waals surface area contributed by atoms with Gasteiger partial charge < -0.3 is 34.6 Å². The van der Waals surface area contributed by atoms with E-state index < -0.39 is 42.2 Å². The van der Waals surface area contributed by atoms with Gasteiger partial charge >= 0.3 is 5.97 Å². The van der Waals surface area contributed by atoms with Crippen LogP contribution in [0, 0.1) is 23.7 Å². The van der Waals surface area contributed by atoms with Crippen LogP contribution in [0.4, 0.5) is 0 Å². The SMILES string of the molecule is CC[C@H](C)[C@@H]([C@@H](CC(=O)N1CCC[C@H]1[C@H](OC)[C@@H](C)C(=O)N[C@@H](Cc1ccccc1)C(=O)OC)OC)N(C)C(=O)[C@@H](NC(=O)[C@@H]1[C@H]2CC[C@H](C2)N1C)C(C)C. The Bertz CT molecular complexity index is 1460. The molecule has 3 fully saturated rings. The fourth-order valence-electron chi connectivity index (χ4n) is 9.37. The monoisotopic (exact) mass is 769 g/mol. The Morgan fingerprint density at radius 2 is 1.64 bits per heavy atom. The van der Waals surface area contributed by atoms with Gasteiger partial charge in [0.05, 0.1) is 49.8 Å². The quantitative estimate of drug-likeness (QED) is 0.202. The van der Waals surface area contributed by atoms with Crippen LogP contribution in [0.2, 0.25) is 0 Å². The fraction of sp³-hybridized carbons (Fsp3) is 0.738. The van der Waals surface area contributed by atoms with E-state index in [2.05, 4.69) is 22.5 Å². The van der Waals surface area contributed by atoms with Crippen molar-refractivity contribution in [3.05, 3.63) is 35.9 Å². The molecule has 11 atom stereocenters. The summed E-state index contributed by atoms with van der Waals surface area (Å²) < 4.78 is 17.0. The van der Waals surface area contributed by atoms with E-state index in [1.54, 1.807) is 30.9 Å². The second kappa shape index (κ2) is 20.0. The first-order chi connectivity index (χ1) is 26.2. The molecule has 2 aliphatic heterocycles. The first-order valence-electron chi connectivity index (χ1n) is 20.2. The third-order valence-corrected chi connectivity index (χ3v) is 12.7. The van der Waals surface area contributed by atoms with E-state index in [0.29, 0.717) is 24.9 Å². The normalized spacial score (nSPS) is 24.7. The smallest absolute Gasteiger partial charge is 0.328 e. The number of nitrogens with one attached hydrogen (secondary N) is 2. The molecule has 4 rings (SSSR count). The minimum Gasteiger partial charge on any atom is -0.467 e. The zero-order valence-electron chi connectivity index (χ0n) is 34.8. The summed E-state index contributed by atoms with van der Waals surface area (Å²) in [5, 5.41) is 5.99. The van der Waals surface area contributed by atoms with Crippen molar-refractivity contribution in [3.8, 4) is 0 Å². The number of fused-ring (bicyclic) bond motifs is 2. The lowest BCUT2D eigenvalue weighted by molar-refractivity contribution is -0.149. The molecule has 13 nitrogen and oxygen atoms in total. The van der Waals surface area contributed by atoms with E-state index in [1.807, 2.05) is 58.2 Å². The Morgan fingerprint density at radius 1 is 0.945 bits per heavy atom. The Labute approximate surface area is 328 Å². The van der Waals surface area contributed by atoms with E-state index >= 15 is 0 Å². The van der Waals surface area contributed by atoms with Gasteiger partial charge in [-0.25, -0.2) is 4.79 Å². The van der Waals surface area contributed by atoms with Crippen molar-refractivity contribution in [2.75, 3.05) is 42.0 Å². The summed E-state index contributed by atoms with van der Waals surface area (Å²) in [5.41, 5.74) is 0.880. The number of nitrogens with zero attached hydrogens (tertiary/aromatic N) is 3. The van der Waals surface area contributed by atoms with Crippen LogP contribution in [0.15, 0.2) is 30.3 Å². The van der Waals surface area contributed by atoms with E-state index in [0.717, 1.165) is 37.7 Å². The van der Waals surface area contributed by atoms with Crippen molar-refractivity contribution in [2.24, 2.45) is 23.7 Å². The first-order valence-corrected chi connectivity index (χ1v) is 20.2. The number of ether oxygens (including phenoxy) is 3. The number of carbonyl (C=O) groups is 5. The highest BCUT2D eigenvalue weighted by atomic mass is 16.5. The number of carbonyl (C=O) groups excluding carboxylic acids is 5. The molecule has 308 valence electrons. The maximum Gasteiger partial charge on any atom is 0.328 e. The third kappa shape index (κ3) is 10.3. The molecule has 2 heterocycles. The minimum atomic E-state index is -0.886. The van der Waals surface area contributed by atoms with Crippen molar-refractivity contribution in [2.45, 2.75) is 134 Å². The Morgan fingerprint density at radius 3 is 2.20 bits per heavy atom. The summed E-state index contributed by atoms with van der Waals surface area (Å²) in [6, 6.07) is 7.15. The molecule has 2 saturated heterocycles. The molecule has 1 aromatic rings. The molecule has 0 spiro atoms. The highest BCUT2D eigenvalue weighted by Crippen LogP contribution is 2.41. The zero-order chi connectivity index (χ0) is 40.6. The standard InChI is InChI=1S/C42H67N5O8/c1-11-26(4)36(46(7)41(51)35(25(2)3)44-40(50)37-29-19-20-30(23-29)45(37)6)33(53-8)24-34(48)47-21-15-18-32(47)38(54-9)27(5)39(49)43-31(42(52)55-10)22-28-16-13-12-14-17-28/h12-14,16-17,25-27,29-33,35-38H,11,15,18-24H2,1-10H3,(H,43,49)(H,44,50)/t26-,27+,29-,30+,31-,32-,33+,35-,36-,37-,38+/m0/s1. The molecule has 4 amide bonds. The number of piperidine rings is 1. The average Bonchev–Trinajstić information content (AvgIpc) is 3.93. The van der Waals surface area contributed by atoms with Crippen LogP contribution in [0.3, 0.4) is 0 Å². The topological polar surface area (TPSA) is 147 Å². The van der Waals surface area contributed by atoms with Crippen molar-refractivity contribution in [3.63, 3.8) is 0 Å². The van der Waals surface area contributed by atoms with Gasteiger partial charge in [0.1, 0.15) is 12.1 Å². The second-order valence-electron chi connectivity index (χ2n) is 16.4. The molecule has 2 N–H and O–H groups in total. The zero-order valence-corrected chi connectivity index (χ0v) is 34.8. The van der Waals surface area contributed by atoms with Gasteiger partial charge in [-0.05, 0) is 62.5 Å². The van der Waals surface area contributed by atoms with Gasteiger partial charge in [0.25, 0.3) is 0 Å². The first kappa shape index (κ1) is 44.2. The van der Waals surface area contributed by atoms with Crippen LogP contribution in [0.1, 0.15) is 85.1 Å². The molecule has 2 bridgehead atoms. The number of rotatable bonds is 19. The number of benzene rings is 1. The van der Waals surface area contributed by atoms with Crippen molar-refractivity contribution >= 4 is 29.6 Å². The van der Waals surface area contributed by atoms with Crippen LogP contribution in [-0.4, -0.2) is 135 Å². The molecule has 3 aliphatic rings. The van der Waals surface area contributed by atoms with Crippen LogP contribution >= 0.6 is 0 Å². The molecule has 1 saturated carbocycles. The van der Waals surface area contributed by atoms with Gasteiger partial charge in [0.15, 0.2) is 0 Å². The van der Waals surface area contributed by atoms with Crippen molar-refractivity contribution in [1.29, 1.82) is 0 Å². The summed E-state index contributed by atoms with van der Waals surface area (Å²) in [6.45, 7) is 10.2. The molecule has 0 radical (unpaired) electrons. The molecular weight excluding hydrogens is 702 g/mol. The highest BCUT2D eigenvalue weighted by Gasteiger charge is 2.49. The maximum absolute atomic E-state index is 14.3. The van der Waals surface area contributed by atoms with Gasteiger partial charge in [0.2, 0.25) is 23.6 Å². The van der Waals surface area contributed by atoms with Gasteiger partial charge in [-0.3, -0.25) is 24.1 Å². The molecule has 13 heteroatoms. The number of likely N-dealkylation sites (tertiary alicyclic amines) is 2. The van der Waals surface area contributed by atoms with E-state index in [1.165, 1.54) is 14.2 Å². The lowest BCUT2D eigenvalue weighted by Crippen LogP contribution is -2.60. The van der Waals surface area contributed by atoms with Gasteiger partial charge in [-0.1, -0.05) is 71.4 Å². The molecule has 55 heavy (non-hydrogen) atoms. The summed E-state index contributed by atoms with van der Waals surface area (Å²) in [5.74, 6) is -1.92. The minimum absolute atomic E-state index is 0.0182. The summed E-state index contributed by atoms with van der Waals surface area (Å²) in [6.07, 6.45) is 4.32. The molecule has 0 unspecified atom stereocenters. The lowest BCUT2D eigenvalue weighted by Gasteiger charge is -2.41. The summed E-state index contributed by atoms with van der Waals surface area (Å²) in [4.78, 5) is 74.2. The van der Waals surface area contributed by atoms with Gasteiger partial charge in [0, 0.05) is 40.3 Å². The number of esters is 1. The largest absolute Gasteiger partial charge is 0.467 e. The molecule has 0 aromatic heterocycles. The third-order valence-electron chi connectivity index (χ3n) is 12.7. The lowest BCUT2D eigenvalue weighted by atomic mass is 9.89. The molecule has 1 aliphatic carbocycles. The van der Waals surface area contributed by atoms with Crippen LogP contribution < -0.4 is 10.6 Å². The number of likely N-dealkylation sites (N-methyl/N-ethyl adjacent to an activating group) is 2. The Balaban J connectivity index is 1.46. The second-order valence-corrected chi connectivity index (χ2v) is 16.4. The van der Waals surface area contributed by atoms with E-state index in [9.17, 15) is 24.0 Å². The molecule has 1 aromatic carbocycles. The fourth-order valence-corrected chi connectivity index (χ4v) is 9.37. The number of methoxy groups -OCH3 is 3. The Kier molecular flexibility index (Phi) is 16.1. The predicted octanol–water partition coefficient (Wildman–Crippen LogP) is 3.43. The van der Waals surface area contributed by atoms with Gasteiger partial charge in [-0.2, -0.15) is 0 Å². The maximum atomic E-state index is 14.3. The number of hydrogen-bond donors (Lipinski definition) is 2.